The Morgan fingerprint density at radius 3 is 2.50 bits per heavy atom. The molecule has 0 aliphatic carbocycles. The number of rotatable bonds is 4. The molecule has 2 aromatic carbocycles. The molecule has 212 valence electrons. The zero-order valence-corrected chi connectivity index (χ0v) is 21.5. The van der Waals surface area contributed by atoms with Crippen LogP contribution in [-0.2, 0) is 6.18 Å². The van der Waals surface area contributed by atoms with Gasteiger partial charge in [-0.05, 0) is 31.7 Å². The van der Waals surface area contributed by atoms with E-state index in [9.17, 15) is 22.8 Å². The van der Waals surface area contributed by atoms with E-state index in [0.29, 0.717) is 38.2 Å². The normalized spacial score (nSPS) is 17.6. The molecule has 0 spiro atoms. The van der Waals surface area contributed by atoms with Crippen LogP contribution >= 0.6 is 0 Å². The van der Waals surface area contributed by atoms with Gasteiger partial charge < -0.3 is 29.6 Å². The third-order valence-corrected chi connectivity index (χ3v) is 7.04. The smallest absolute Gasteiger partial charge is 0.417 e. The summed E-state index contributed by atoms with van der Waals surface area (Å²) in [4.78, 5) is 30.5. The summed E-state index contributed by atoms with van der Waals surface area (Å²) in [5.74, 6) is -2.78. The van der Waals surface area contributed by atoms with Crippen LogP contribution in [0.5, 0.6) is 11.5 Å². The number of piperazine rings is 1. The Kier molecular flexibility index (Phi) is 7.17. The number of alkyl halides is 3. The van der Waals surface area contributed by atoms with Crippen LogP contribution in [0, 0.1) is 11.6 Å². The number of anilines is 2. The summed E-state index contributed by atoms with van der Waals surface area (Å²) in [6, 6.07) is 5.59. The average molecular weight is 565 g/mol. The van der Waals surface area contributed by atoms with E-state index in [4.69, 9.17) is 9.47 Å². The fraction of sp³-hybridized carbons (Fsp3) is 0.333. The van der Waals surface area contributed by atoms with Crippen molar-refractivity contribution in [3.05, 3.63) is 69.6 Å². The lowest BCUT2D eigenvalue weighted by Crippen LogP contribution is -2.50. The van der Waals surface area contributed by atoms with Crippen LogP contribution in [0.15, 0.2) is 41.3 Å². The van der Waals surface area contributed by atoms with Crippen LogP contribution in [0.1, 0.15) is 22.8 Å². The number of nitrogens with zero attached hydrogens (tertiary/aromatic N) is 2. The standard InChI is InChI=1S/C27H25F5N4O4/c1-14-13-36(6-5-35(14)2)19-11-18(28)23(15-3-4-20-21(9-15)40-8-7-39-20)24(29)25(19)34-26(38)16-12-33-22(37)10-17(16)27(30,31)32/h3-4,9-12,14H,5-8,13H2,1-2H3,(H,33,37)(H,34,38)/t14-/m0/s1. The van der Waals surface area contributed by atoms with E-state index in [1.54, 1.807) is 4.90 Å². The van der Waals surface area contributed by atoms with Crippen molar-refractivity contribution in [3.8, 4) is 22.6 Å². The van der Waals surface area contributed by atoms with E-state index in [0.717, 1.165) is 6.07 Å². The van der Waals surface area contributed by atoms with Gasteiger partial charge >= 0.3 is 6.18 Å². The molecule has 0 radical (unpaired) electrons. The largest absolute Gasteiger partial charge is 0.486 e. The van der Waals surface area contributed by atoms with Crippen LogP contribution in [-0.4, -0.2) is 61.7 Å². The molecular formula is C27H25F5N4O4. The number of hydrogen-bond acceptors (Lipinski definition) is 6. The number of amides is 1. The van der Waals surface area contributed by atoms with Crippen molar-refractivity contribution in [2.45, 2.75) is 19.1 Å². The molecule has 1 aromatic heterocycles. The third kappa shape index (κ3) is 5.20. The predicted molar refractivity (Wildman–Crippen MR) is 137 cm³/mol. The Morgan fingerprint density at radius 1 is 1.07 bits per heavy atom. The van der Waals surface area contributed by atoms with Crippen LogP contribution in [0.3, 0.4) is 0 Å². The fourth-order valence-corrected chi connectivity index (χ4v) is 4.78. The molecule has 1 amide bonds. The predicted octanol–water partition coefficient (Wildman–Crippen LogP) is 4.50. The molecule has 2 aliphatic heterocycles. The highest BCUT2D eigenvalue weighted by atomic mass is 19.4. The minimum atomic E-state index is -5.03. The number of fused-ring (bicyclic) bond motifs is 1. The molecule has 1 atom stereocenters. The Labute approximate surface area is 225 Å². The number of carbonyl (C=O) groups is 1. The molecule has 0 saturated carbocycles. The molecule has 2 N–H and O–H groups in total. The van der Waals surface area contributed by atoms with Gasteiger partial charge in [0.1, 0.15) is 24.7 Å². The number of ether oxygens (including phenoxy) is 2. The van der Waals surface area contributed by atoms with Crippen LogP contribution in [0.4, 0.5) is 33.3 Å². The summed E-state index contributed by atoms with van der Waals surface area (Å²) in [7, 11) is 1.89. The molecule has 2 aliphatic rings. The van der Waals surface area contributed by atoms with Crippen molar-refractivity contribution in [2.24, 2.45) is 0 Å². The van der Waals surface area contributed by atoms with E-state index >= 15 is 8.78 Å². The van der Waals surface area contributed by atoms with Crippen molar-refractivity contribution < 1.29 is 36.2 Å². The first-order valence-electron chi connectivity index (χ1n) is 12.4. The SMILES string of the molecule is C[C@H]1CN(c2cc(F)c(-c3ccc4c(c3)OCCO4)c(F)c2NC(=O)c2c[nH]c(=O)cc2C(F)(F)F)CCN1C. The van der Waals surface area contributed by atoms with Gasteiger partial charge in [-0.3, -0.25) is 9.59 Å². The van der Waals surface area contributed by atoms with Gasteiger partial charge in [0.15, 0.2) is 17.3 Å². The second-order valence-corrected chi connectivity index (χ2v) is 9.65. The number of nitrogens with one attached hydrogen (secondary N) is 2. The number of pyridine rings is 1. The Morgan fingerprint density at radius 2 is 1.80 bits per heavy atom. The number of halogens is 5. The monoisotopic (exact) mass is 564 g/mol. The lowest BCUT2D eigenvalue weighted by atomic mass is 10.00. The number of H-pyrrole nitrogens is 1. The van der Waals surface area contributed by atoms with E-state index in [2.05, 4.69) is 5.32 Å². The number of carbonyl (C=O) groups excluding carboxylic acids is 1. The van der Waals surface area contributed by atoms with Gasteiger partial charge in [0.05, 0.1) is 22.4 Å². The first kappa shape index (κ1) is 27.4. The maximum absolute atomic E-state index is 16.3. The summed E-state index contributed by atoms with van der Waals surface area (Å²) in [5.41, 5.74) is -4.42. The average Bonchev–Trinajstić information content (AvgIpc) is 2.91. The van der Waals surface area contributed by atoms with Gasteiger partial charge in [0.25, 0.3) is 5.91 Å². The molecule has 0 unspecified atom stereocenters. The molecule has 0 bridgehead atoms. The van der Waals surface area contributed by atoms with E-state index < -0.39 is 51.7 Å². The first-order valence-corrected chi connectivity index (χ1v) is 12.4. The van der Waals surface area contributed by atoms with Gasteiger partial charge in [0.2, 0.25) is 5.56 Å². The molecule has 1 fully saturated rings. The quantitative estimate of drug-likeness (QED) is 0.454. The summed E-state index contributed by atoms with van der Waals surface area (Å²) in [6.45, 7) is 3.70. The topological polar surface area (TPSA) is 86.9 Å². The molecule has 3 aromatic rings. The summed E-state index contributed by atoms with van der Waals surface area (Å²) in [6.07, 6.45) is -4.42. The highest BCUT2D eigenvalue weighted by Gasteiger charge is 2.37. The maximum Gasteiger partial charge on any atom is 0.417 e. The number of aromatic amines is 1. The lowest BCUT2D eigenvalue weighted by molar-refractivity contribution is -0.138. The van der Waals surface area contributed by atoms with E-state index in [1.807, 2.05) is 23.9 Å². The van der Waals surface area contributed by atoms with Crippen molar-refractivity contribution in [3.63, 3.8) is 0 Å². The minimum Gasteiger partial charge on any atom is -0.486 e. The maximum atomic E-state index is 16.3. The molecular weight excluding hydrogens is 539 g/mol. The Hall–Kier alpha value is -4.13. The summed E-state index contributed by atoms with van der Waals surface area (Å²) < 4.78 is 83.8. The minimum absolute atomic E-state index is 0.0167. The molecule has 1 saturated heterocycles. The van der Waals surface area contributed by atoms with E-state index in [1.165, 1.54) is 18.2 Å². The van der Waals surface area contributed by atoms with Gasteiger partial charge in [-0.25, -0.2) is 8.78 Å². The van der Waals surface area contributed by atoms with E-state index in [-0.39, 0.29) is 35.7 Å². The molecule has 13 heteroatoms. The Bertz CT molecular complexity index is 1520. The first-order chi connectivity index (χ1) is 18.9. The molecule has 5 rings (SSSR count). The van der Waals surface area contributed by atoms with Gasteiger partial charge in [-0.1, -0.05) is 6.07 Å². The number of likely N-dealkylation sites (N-methyl/N-ethyl adjacent to an activating group) is 1. The lowest BCUT2D eigenvalue weighted by Gasteiger charge is -2.39. The second-order valence-electron chi connectivity index (χ2n) is 9.65. The highest BCUT2D eigenvalue weighted by molar-refractivity contribution is 6.07. The van der Waals surface area contributed by atoms with Gasteiger partial charge in [0, 0.05) is 44.0 Å². The van der Waals surface area contributed by atoms with Gasteiger partial charge in [-0.15, -0.1) is 0 Å². The van der Waals surface area contributed by atoms with Crippen molar-refractivity contribution in [1.82, 2.24) is 9.88 Å². The van der Waals surface area contributed by atoms with Crippen molar-refractivity contribution in [2.75, 3.05) is 50.1 Å². The number of aromatic nitrogens is 1. The fourth-order valence-electron chi connectivity index (χ4n) is 4.78. The summed E-state index contributed by atoms with van der Waals surface area (Å²) in [5, 5.41) is 2.24. The third-order valence-electron chi connectivity index (χ3n) is 7.04. The number of hydrogen-bond donors (Lipinski definition) is 2. The highest BCUT2D eigenvalue weighted by Crippen LogP contribution is 2.42. The second kappa shape index (κ2) is 10.5. The zero-order valence-electron chi connectivity index (χ0n) is 21.5. The van der Waals surface area contributed by atoms with Crippen molar-refractivity contribution in [1.29, 1.82) is 0 Å². The Balaban J connectivity index is 1.63. The molecule has 3 heterocycles. The molecule has 40 heavy (non-hydrogen) atoms. The van der Waals surface area contributed by atoms with Crippen molar-refractivity contribution >= 4 is 17.3 Å². The molecule has 8 nitrogen and oxygen atoms in total. The van der Waals surface area contributed by atoms with Crippen LogP contribution in [0.2, 0.25) is 0 Å². The number of benzene rings is 2. The van der Waals surface area contributed by atoms with Crippen LogP contribution < -0.4 is 25.2 Å². The summed E-state index contributed by atoms with van der Waals surface area (Å²) >= 11 is 0. The van der Waals surface area contributed by atoms with Crippen LogP contribution in [0.25, 0.3) is 11.1 Å². The zero-order chi connectivity index (χ0) is 28.8. The van der Waals surface area contributed by atoms with Gasteiger partial charge in [-0.2, -0.15) is 13.2 Å².